The summed E-state index contributed by atoms with van der Waals surface area (Å²) in [5.74, 6) is -0.381. The molecule has 0 N–H and O–H groups in total. The standard InChI is InChI=1S/C12H12N3O3.Tl/c1-18-12(17)9-2-3-13-10(6-9)11-7-15(4-5-16)8-14-11;/h2-3,6-8H,4-5H2,1H3;/q-1;+1. The van der Waals surface area contributed by atoms with Crippen molar-refractivity contribution >= 4 is 32.2 Å². The molecule has 2 aromatic rings. The number of aromatic nitrogens is 3. The van der Waals surface area contributed by atoms with Crippen LogP contribution in [0.25, 0.3) is 11.4 Å². The fourth-order valence-corrected chi connectivity index (χ4v) is 2.00. The Morgan fingerprint density at radius 2 is 2.26 bits per heavy atom. The molecule has 0 amide bonds. The molecule has 2 rings (SSSR count). The van der Waals surface area contributed by atoms with Gasteiger partial charge in [-0.3, -0.25) is 0 Å². The summed E-state index contributed by atoms with van der Waals surface area (Å²) in [6.45, 7) is 1.45. The van der Waals surface area contributed by atoms with Crippen molar-refractivity contribution in [2.45, 2.75) is 6.54 Å². The maximum atomic E-state index is 11.5. The van der Waals surface area contributed by atoms with Crippen LogP contribution in [0.1, 0.15) is 10.4 Å². The third kappa shape index (κ3) is 3.60. The zero-order valence-corrected chi connectivity index (χ0v) is 14.9. The second kappa shape index (κ2) is 6.76. The van der Waals surface area contributed by atoms with Gasteiger partial charge in [0.25, 0.3) is 0 Å². The molecule has 0 spiro atoms. The Morgan fingerprint density at radius 1 is 1.42 bits per heavy atom. The number of nitrogens with zero attached hydrogens (tertiary/aromatic N) is 3. The van der Waals surface area contributed by atoms with Crippen LogP contribution in [-0.2, 0) is 14.0 Å². The number of carbonyl (C=O) groups is 1. The van der Waals surface area contributed by atoms with Gasteiger partial charge in [0, 0.05) is 0 Å². The van der Waals surface area contributed by atoms with E-state index >= 15 is 0 Å². The molecular weight excluding hydrogens is 439 g/mol. The molecule has 2 heterocycles. The molecule has 19 heavy (non-hydrogen) atoms. The first kappa shape index (κ1) is 14.1. The van der Waals surface area contributed by atoms with Crippen LogP contribution < -0.4 is 0 Å². The molecule has 2 aromatic heterocycles. The van der Waals surface area contributed by atoms with Gasteiger partial charge in [-0.2, -0.15) is 0 Å². The van der Waals surface area contributed by atoms with E-state index in [1.807, 2.05) is 10.8 Å². The molecule has 0 aliphatic rings. The summed E-state index contributed by atoms with van der Waals surface area (Å²) in [5.41, 5.74) is 1.84. The van der Waals surface area contributed by atoms with Gasteiger partial charge in [-0.15, -0.1) is 0 Å². The van der Waals surface area contributed by atoms with Crippen LogP contribution >= 0.6 is 0 Å². The van der Waals surface area contributed by atoms with Crippen LogP contribution in [0, 0.1) is 0 Å². The minimum absolute atomic E-state index is 0.381. The average Bonchev–Trinajstić information content (AvgIpc) is 2.93. The van der Waals surface area contributed by atoms with E-state index in [1.54, 1.807) is 24.7 Å². The summed E-state index contributed by atoms with van der Waals surface area (Å²) in [6.07, 6.45) is 5.18. The molecule has 0 aliphatic heterocycles. The van der Waals surface area contributed by atoms with Gasteiger partial charge in [-0.05, 0) is 0 Å². The number of methoxy groups -OCH3 is 1. The van der Waals surface area contributed by atoms with Gasteiger partial charge >= 0.3 is 127 Å². The quantitative estimate of drug-likeness (QED) is 0.499. The van der Waals surface area contributed by atoms with Crippen molar-refractivity contribution in [1.29, 1.82) is 0 Å². The van der Waals surface area contributed by atoms with Crippen molar-refractivity contribution in [3.05, 3.63) is 36.4 Å². The Morgan fingerprint density at radius 3 is 3.00 bits per heavy atom. The topological polar surface area (TPSA) is 66.2 Å². The fourth-order valence-electron chi connectivity index (χ4n) is 1.59. The first-order valence-electron chi connectivity index (χ1n) is 5.63. The van der Waals surface area contributed by atoms with Gasteiger partial charge < -0.3 is 0 Å². The van der Waals surface area contributed by atoms with E-state index in [2.05, 4.69) is 14.7 Å². The Balaban J connectivity index is 2.21. The van der Waals surface area contributed by atoms with Gasteiger partial charge in [0.15, 0.2) is 0 Å². The zero-order chi connectivity index (χ0) is 13.7. The van der Waals surface area contributed by atoms with E-state index < -0.39 is 0 Å². The first-order valence-corrected chi connectivity index (χ1v) is 7.46. The van der Waals surface area contributed by atoms with Crippen molar-refractivity contribution in [2.75, 3.05) is 13.7 Å². The Bertz CT molecular complexity index is 571. The summed E-state index contributed by atoms with van der Waals surface area (Å²) in [6, 6.07) is 3.28. The van der Waals surface area contributed by atoms with Gasteiger partial charge in [-0.1, -0.05) is 0 Å². The molecule has 7 heteroatoms. The van der Waals surface area contributed by atoms with E-state index in [1.165, 1.54) is 7.11 Å². The Hall–Kier alpha value is -1.29. The van der Waals surface area contributed by atoms with Crippen molar-refractivity contribution in [3.63, 3.8) is 0 Å². The number of hydrogen-bond acceptors (Lipinski definition) is 5. The maximum absolute atomic E-state index is 11.5. The number of hydrogen-bond donors (Lipinski definition) is 0. The summed E-state index contributed by atoms with van der Waals surface area (Å²) >= 11 is 0.548. The molecule has 0 radical (unpaired) electrons. The predicted molar refractivity (Wildman–Crippen MR) is 68.5 cm³/mol. The van der Waals surface area contributed by atoms with Gasteiger partial charge in [0.05, 0.1) is 0 Å². The van der Waals surface area contributed by atoms with E-state index in [-0.39, 0.29) is 5.97 Å². The fraction of sp³-hybridized carbons (Fsp3) is 0.250. The van der Waals surface area contributed by atoms with Gasteiger partial charge in [-0.25, -0.2) is 0 Å². The molecule has 0 saturated carbocycles. The van der Waals surface area contributed by atoms with E-state index in [0.29, 0.717) is 44.1 Å². The molecule has 96 valence electrons. The van der Waals surface area contributed by atoms with E-state index in [4.69, 9.17) is 2.69 Å². The summed E-state index contributed by atoms with van der Waals surface area (Å²) in [7, 11) is 1.35. The number of ether oxygens (including phenoxy) is 1. The van der Waals surface area contributed by atoms with Crippen LogP contribution in [0.2, 0.25) is 0 Å². The Kier molecular flexibility index (Phi) is 5.02. The van der Waals surface area contributed by atoms with Crippen LogP contribution in [-0.4, -0.2) is 60.4 Å². The van der Waals surface area contributed by atoms with Gasteiger partial charge in [0.1, 0.15) is 0 Å². The molecular formula is C12H12N3O3Tl. The number of imidazole rings is 1. The average molecular weight is 451 g/mol. The van der Waals surface area contributed by atoms with Crippen molar-refractivity contribution in [2.24, 2.45) is 0 Å². The van der Waals surface area contributed by atoms with Crippen molar-refractivity contribution < 1.29 is 12.2 Å². The molecule has 0 aromatic carbocycles. The molecule has 0 bridgehead atoms. The molecule has 0 atom stereocenters. The third-order valence-corrected chi connectivity index (χ3v) is 3.46. The van der Waals surface area contributed by atoms with Crippen molar-refractivity contribution in [3.8, 4) is 11.4 Å². The van der Waals surface area contributed by atoms with Crippen LogP contribution in [0.4, 0.5) is 0 Å². The SMILES string of the molecule is COC(=O)c1ccnc(-c2cn(CC[O][Tl])cn2)c1. The number of carbonyl (C=O) groups excluding carboxylic acids is 1. The molecule has 0 saturated heterocycles. The van der Waals surface area contributed by atoms with Crippen LogP contribution in [0.3, 0.4) is 0 Å². The van der Waals surface area contributed by atoms with Crippen molar-refractivity contribution in [1.82, 2.24) is 14.5 Å². The molecule has 0 aliphatic carbocycles. The molecule has 6 nitrogen and oxygen atoms in total. The molecule has 0 fully saturated rings. The third-order valence-electron chi connectivity index (χ3n) is 2.54. The van der Waals surface area contributed by atoms with Crippen LogP contribution in [0.5, 0.6) is 0 Å². The van der Waals surface area contributed by atoms with Gasteiger partial charge in [0.2, 0.25) is 0 Å². The minimum atomic E-state index is -0.381. The zero-order valence-electron chi connectivity index (χ0n) is 10.4. The number of pyridine rings is 1. The van der Waals surface area contributed by atoms with Crippen LogP contribution in [0.15, 0.2) is 30.9 Å². The summed E-state index contributed by atoms with van der Waals surface area (Å²) < 4.78 is 11.8. The second-order valence-electron chi connectivity index (χ2n) is 3.79. The van der Waals surface area contributed by atoms with E-state index in [9.17, 15) is 4.79 Å². The Labute approximate surface area is 127 Å². The van der Waals surface area contributed by atoms with E-state index in [0.717, 1.165) is 12.2 Å². The molecule has 0 unspecified atom stereocenters. The monoisotopic (exact) mass is 451 g/mol. The first-order chi connectivity index (χ1) is 9.24. The predicted octanol–water partition coefficient (Wildman–Crippen LogP) is 0.832. The number of esters is 1. The normalized spacial score (nSPS) is 10.3. The summed E-state index contributed by atoms with van der Waals surface area (Å²) in [4.78, 5) is 19.9. The second-order valence-corrected chi connectivity index (χ2v) is 5.08. The number of rotatable bonds is 5. The summed E-state index contributed by atoms with van der Waals surface area (Å²) in [5, 5.41) is 0.